The van der Waals surface area contributed by atoms with Crippen LogP contribution in [-0.2, 0) is 4.74 Å². The fourth-order valence-corrected chi connectivity index (χ4v) is 2.19. The molecule has 0 aromatic rings. The number of hydrogen-bond acceptors (Lipinski definition) is 3. The van der Waals surface area contributed by atoms with E-state index in [0.717, 1.165) is 32.2 Å². The summed E-state index contributed by atoms with van der Waals surface area (Å²) in [5.74, 6) is 1.41. The van der Waals surface area contributed by atoms with E-state index in [1.165, 1.54) is 12.8 Å². The smallest absolute Gasteiger partial charge is 0.0506 e. The molecule has 1 fully saturated rings. The van der Waals surface area contributed by atoms with Crippen LogP contribution >= 0.6 is 0 Å². The topological polar surface area (TPSA) is 24.5 Å². The quantitative estimate of drug-likeness (QED) is 0.747. The highest BCUT2D eigenvalue weighted by Gasteiger charge is 2.18. The summed E-state index contributed by atoms with van der Waals surface area (Å²) in [6.45, 7) is 8.71. The van der Waals surface area contributed by atoms with Gasteiger partial charge in [0.2, 0.25) is 0 Å². The average molecular weight is 228 g/mol. The second-order valence-corrected chi connectivity index (χ2v) is 5.60. The van der Waals surface area contributed by atoms with Gasteiger partial charge in [0.25, 0.3) is 0 Å². The minimum atomic E-state index is 0.594. The van der Waals surface area contributed by atoms with Crippen molar-refractivity contribution in [2.24, 2.45) is 11.8 Å². The monoisotopic (exact) mass is 228 g/mol. The van der Waals surface area contributed by atoms with Crippen molar-refractivity contribution in [3.8, 4) is 0 Å². The minimum absolute atomic E-state index is 0.594. The Labute approximate surface area is 101 Å². The molecule has 1 rings (SSSR count). The lowest BCUT2D eigenvalue weighted by Gasteiger charge is -2.29. The molecule has 0 spiro atoms. The van der Waals surface area contributed by atoms with Crippen LogP contribution in [0.1, 0.15) is 26.7 Å². The van der Waals surface area contributed by atoms with Crippen LogP contribution in [0.4, 0.5) is 0 Å². The number of nitrogens with one attached hydrogen (secondary N) is 1. The van der Waals surface area contributed by atoms with Gasteiger partial charge < -0.3 is 15.0 Å². The zero-order valence-electron chi connectivity index (χ0n) is 11.3. The van der Waals surface area contributed by atoms with Gasteiger partial charge in [0.1, 0.15) is 0 Å². The second-order valence-electron chi connectivity index (χ2n) is 5.60. The number of nitrogens with zero attached hydrogens (tertiary/aromatic N) is 1. The van der Waals surface area contributed by atoms with Gasteiger partial charge >= 0.3 is 0 Å². The van der Waals surface area contributed by atoms with Crippen molar-refractivity contribution in [2.45, 2.75) is 32.7 Å². The van der Waals surface area contributed by atoms with Crippen molar-refractivity contribution in [2.75, 3.05) is 40.4 Å². The van der Waals surface area contributed by atoms with Crippen LogP contribution in [0.2, 0.25) is 0 Å². The number of likely N-dealkylation sites (N-methyl/N-ethyl adjacent to an activating group) is 1. The Hall–Kier alpha value is -0.120. The standard InChI is InChI=1S/C13H28N2O/c1-11(2)13(9-15(3)4)14-8-12-6-5-7-16-10-12/h11-14H,5-10H2,1-4H3. The summed E-state index contributed by atoms with van der Waals surface area (Å²) in [6.07, 6.45) is 2.55. The fraction of sp³-hybridized carbons (Fsp3) is 1.00. The summed E-state index contributed by atoms with van der Waals surface area (Å²) >= 11 is 0. The molecule has 0 aromatic heterocycles. The number of hydrogen-bond donors (Lipinski definition) is 1. The van der Waals surface area contributed by atoms with Crippen molar-refractivity contribution in [1.82, 2.24) is 10.2 Å². The summed E-state index contributed by atoms with van der Waals surface area (Å²) in [5, 5.41) is 3.70. The Bertz CT molecular complexity index is 177. The van der Waals surface area contributed by atoms with Crippen LogP contribution < -0.4 is 5.32 Å². The second kappa shape index (κ2) is 7.25. The van der Waals surface area contributed by atoms with E-state index in [1.54, 1.807) is 0 Å². The highest BCUT2D eigenvalue weighted by atomic mass is 16.5. The molecular weight excluding hydrogens is 200 g/mol. The van der Waals surface area contributed by atoms with E-state index in [0.29, 0.717) is 12.0 Å². The van der Waals surface area contributed by atoms with Crippen molar-refractivity contribution in [3.63, 3.8) is 0 Å². The van der Waals surface area contributed by atoms with Crippen molar-refractivity contribution in [3.05, 3.63) is 0 Å². The van der Waals surface area contributed by atoms with Gasteiger partial charge in [-0.25, -0.2) is 0 Å². The molecule has 2 atom stereocenters. The Balaban J connectivity index is 2.25. The van der Waals surface area contributed by atoms with Gasteiger partial charge in [-0.2, -0.15) is 0 Å². The van der Waals surface area contributed by atoms with Crippen LogP contribution in [0.15, 0.2) is 0 Å². The Morgan fingerprint density at radius 3 is 2.62 bits per heavy atom. The van der Waals surface area contributed by atoms with Crippen LogP contribution in [-0.4, -0.2) is 51.3 Å². The van der Waals surface area contributed by atoms with E-state index in [2.05, 4.69) is 38.2 Å². The summed E-state index contributed by atoms with van der Waals surface area (Å²) < 4.78 is 5.51. The minimum Gasteiger partial charge on any atom is -0.381 e. The molecule has 2 unspecified atom stereocenters. The maximum atomic E-state index is 5.51. The Kier molecular flexibility index (Phi) is 6.32. The third kappa shape index (κ3) is 5.28. The predicted octanol–water partition coefficient (Wildman–Crippen LogP) is 1.59. The molecule has 1 aliphatic rings. The van der Waals surface area contributed by atoms with Gasteiger partial charge in [-0.15, -0.1) is 0 Å². The highest BCUT2D eigenvalue weighted by molar-refractivity contribution is 4.75. The predicted molar refractivity (Wildman–Crippen MR) is 68.7 cm³/mol. The third-order valence-electron chi connectivity index (χ3n) is 3.29. The van der Waals surface area contributed by atoms with Gasteiger partial charge in [-0.3, -0.25) is 0 Å². The summed E-state index contributed by atoms with van der Waals surface area (Å²) in [6, 6.07) is 0.594. The Morgan fingerprint density at radius 1 is 1.38 bits per heavy atom. The lowest BCUT2D eigenvalue weighted by Crippen LogP contribution is -2.44. The van der Waals surface area contributed by atoms with Gasteiger partial charge in [-0.05, 0) is 38.8 Å². The normalized spacial score (nSPS) is 24.0. The summed E-state index contributed by atoms with van der Waals surface area (Å²) in [4.78, 5) is 2.26. The summed E-state index contributed by atoms with van der Waals surface area (Å²) in [5.41, 5.74) is 0. The Morgan fingerprint density at radius 2 is 2.12 bits per heavy atom. The first kappa shape index (κ1) is 13.9. The van der Waals surface area contributed by atoms with E-state index in [9.17, 15) is 0 Å². The van der Waals surface area contributed by atoms with Crippen LogP contribution in [0.3, 0.4) is 0 Å². The molecule has 16 heavy (non-hydrogen) atoms. The molecule has 0 bridgehead atoms. The molecule has 0 amide bonds. The first-order chi connectivity index (χ1) is 7.59. The molecular formula is C13H28N2O. The van der Waals surface area contributed by atoms with Gasteiger partial charge in [0.05, 0.1) is 6.61 Å². The van der Waals surface area contributed by atoms with E-state index < -0.39 is 0 Å². The first-order valence-corrected chi connectivity index (χ1v) is 6.55. The zero-order chi connectivity index (χ0) is 12.0. The fourth-order valence-electron chi connectivity index (χ4n) is 2.19. The van der Waals surface area contributed by atoms with Crippen LogP contribution in [0, 0.1) is 11.8 Å². The molecule has 0 aromatic carbocycles. The molecule has 0 aliphatic carbocycles. The van der Waals surface area contributed by atoms with Crippen LogP contribution in [0.25, 0.3) is 0 Å². The molecule has 0 saturated carbocycles. The SMILES string of the molecule is CC(C)C(CN(C)C)NCC1CCCOC1. The van der Waals surface area contributed by atoms with Crippen molar-refractivity contribution < 1.29 is 4.74 Å². The van der Waals surface area contributed by atoms with Gasteiger partial charge in [-0.1, -0.05) is 13.8 Å². The molecule has 1 saturated heterocycles. The molecule has 1 heterocycles. The molecule has 1 aliphatic heterocycles. The molecule has 0 radical (unpaired) electrons. The van der Waals surface area contributed by atoms with E-state index >= 15 is 0 Å². The lowest BCUT2D eigenvalue weighted by molar-refractivity contribution is 0.0526. The lowest BCUT2D eigenvalue weighted by atomic mass is 9.99. The first-order valence-electron chi connectivity index (χ1n) is 6.55. The summed E-state index contributed by atoms with van der Waals surface area (Å²) in [7, 11) is 4.28. The van der Waals surface area contributed by atoms with E-state index in [-0.39, 0.29) is 0 Å². The highest BCUT2D eigenvalue weighted by Crippen LogP contribution is 2.13. The van der Waals surface area contributed by atoms with Crippen LogP contribution in [0.5, 0.6) is 0 Å². The van der Waals surface area contributed by atoms with Gasteiger partial charge in [0.15, 0.2) is 0 Å². The molecule has 1 N–H and O–H groups in total. The zero-order valence-corrected chi connectivity index (χ0v) is 11.3. The van der Waals surface area contributed by atoms with Crippen molar-refractivity contribution >= 4 is 0 Å². The van der Waals surface area contributed by atoms with Gasteiger partial charge in [0, 0.05) is 25.7 Å². The molecule has 3 heteroatoms. The van der Waals surface area contributed by atoms with E-state index in [1.807, 2.05) is 0 Å². The number of ether oxygens (including phenoxy) is 1. The largest absolute Gasteiger partial charge is 0.381 e. The molecule has 96 valence electrons. The third-order valence-corrected chi connectivity index (χ3v) is 3.29. The maximum Gasteiger partial charge on any atom is 0.0506 e. The van der Waals surface area contributed by atoms with Crippen molar-refractivity contribution in [1.29, 1.82) is 0 Å². The maximum absolute atomic E-state index is 5.51. The van der Waals surface area contributed by atoms with E-state index in [4.69, 9.17) is 4.74 Å². The number of rotatable bonds is 6. The average Bonchev–Trinajstić information content (AvgIpc) is 2.25. The molecule has 3 nitrogen and oxygen atoms in total.